The second kappa shape index (κ2) is 5.85. The van der Waals surface area contributed by atoms with E-state index in [2.05, 4.69) is 10.1 Å². The molecular weight excluding hydrogens is 188 g/mol. The second-order valence-electron chi connectivity index (χ2n) is 2.49. The topological polar surface area (TPSA) is 102 Å². The van der Waals surface area contributed by atoms with Gasteiger partial charge in [0.05, 0.1) is 11.3 Å². The zero-order chi connectivity index (χ0) is 11.1. The van der Waals surface area contributed by atoms with Crippen molar-refractivity contribution in [3.63, 3.8) is 0 Å². The predicted molar refractivity (Wildman–Crippen MR) is 49.5 cm³/mol. The molecule has 6 nitrogen and oxygen atoms in total. The number of amides is 1. The monoisotopic (exact) mass is 202 g/mol. The van der Waals surface area contributed by atoms with Gasteiger partial charge in [-0.25, -0.2) is 9.59 Å². The molecule has 0 bridgehead atoms. The Morgan fingerprint density at radius 1 is 1.50 bits per heavy atom. The number of hydrogen-bond donors (Lipinski definition) is 3. The highest BCUT2D eigenvalue weighted by Crippen LogP contribution is 2.04. The number of alkyl carbamates (subject to hydrolysis) is 1. The van der Waals surface area contributed by atoms with Crippen LogP contribution in [0.3, 0.4) is 0 Å². The molecule has 0 radical (unpaired) electrons. The van der Waals surface area contributed by atoms with Crippen molar-refractivity contribution in [1.29, 1.82) is 0 Å². The first-order valence-corrected chi connectivity index (χ1v) is 4.08. The van der Waals surface area contributed by atoms with Crippen LogP contribution in [0, 0.1) is 0 Å². The summed E-state index contributed by atoms with van der Waals surface area (Å²) in [6.45, 7) is 1.45. The molecule has 0 aromatic heterocycles. The van der Waals surface area contributed by atoms with Crippen LogP contribution in [-0.4, -0.2) is 30.8 Å². The van der Waals surface area contributed by atoms with Crippen LogP contribution in [0.15, 0.2) is 11.3 Å². The van der Waals surface area contributed by atoms with Crippen LogP contribution in [0.2, 0.25) is 0 Å². The van der Waals surface area contributed by atoms with Gasteiger partial charge >= 0.3 is 12.1 Å². The number of carbonyl (C=O) groups is 2. The van der Waals surface area contributed by atoms with Gasteiger partial charge in [0.25, 0.3) is 0 Å². The molecule has 0 spiro atoms. The van der Waals surface area contributed by atoms with Gasteiger partial charge in [0.2, 0.25) is 0 Å². The molecule has 0 rings (SSSR count). The normalized spacial score (nSPS) is 11.6. The minimum absolute atomic E-state index is 0.0589. The van der Waals surface area contributed by atoms with Gasteiger partial charge in [0.1, 0.15) is 6.61 Å². The molecular formula is C8H14N2O4. The molecule has 0 unspecified atom stereocenters. The number of nitrogens with one attached hydrogen (secondary N) is 1. The van der Waals surface area contributed by atoms with Gasteiger partial charge in [-0.15, -0.1) is 0 Å². The summed E-state index contributed by atoms with van der Waals surface area (Å²) in [6, 6.07) is 0. The fourth-order valence-corrected chi connectivity index (χ4v) is 0.818. The van der Waals surface area contributed by atoms with Crippen molar-refractivity contribution in [2.45, 2.75) is 13.3 Å². The van der Waals surface area contributed by atoms with Crippen LogP contribution in [0.5, 0.6) is 0 Å². The molecule has 0 aromatic carbocycles. The van der Waals surface area contributed by atoms with Crippen molar-refractivity contribution in [3.05, 3.63) is 11.3 Å². The summed E-state index contributed by atoms with van der Waals surface area (Å²) in [5, 5.41) is 10.9. The molecule has 1 amide bonds. The summed E-state index contributed by atoms with van der Waals surface area (Å²) in [4.78, 5) is 21.2. The van der Waals surface area contributed by atoms with Gasteiger partial charge in [-0.05, 0) is 6.42 Å². The van der Waals surface area contributed by atoms with Gasteiger partial charge in [0, 0.05) is 7.05 Å². The highest BCUT2D eigenvalue weighted by molar-refractivity contribution is 5.87. The van der Waals surface area contributed by atoms with E-state index in [1.165, 1.54) is 7.05 Å². The lowest BCUT2D eigenvalue weighted by Gasteiger charge is -2.07. The predicted octanol–water partition coefficient (Wildman–Crippen LogP) is 0.0498. The fraction of sp³-hybridized carbons (Fsp3) is 0.500. The highest BCUT2D eigenvalue weighted by atomic mass is 16.5. The third kappa shape index (κ3) is 3.79. The van der Waals surface area contributed by atoms with E-state index in [1.54, 1.807) is 6.92 Å². The Labute approximate surface area is 81.7 Å². The first-order chi connectivity index (χ1) is 6.52. The first kappa shape index (κ1) is 12.3. The standard InChI is InChI=1S/C8H14N2O4/c1-3-5(7(11)12)6(9)4-14-8(13)10-2/h3-4,9H2,1-2H3,(H,10,13)(H,11,12). The number of aliphatic carboxylic acids is 1. The van der Waals surface area contributed by atoms with Crippen molar-refractivity contribution in [2.75, 3.05) is 13.7 Å². The number of hydrogen-bond acceptors (Lipinski definition) is 4. The molecule has 14 heavy (non-hydrogen) atoms. The van der Waals surface area contributed by atoms with Crippen LogP contribution in [-0.2, 0) is 9.53 Å². The maximum Gasteiger partial charge on any atom is 0.407 e. The Hall–Kier alpha value is -1.72. The van der Waals surface area contributed by atoms with Gasteiger partial charge in [-0.1, -0.05) is 6.92 Å². The maximum atomic E-state index is 10.6. The zero-order valence-electron chi connectivity index (χ0n) is 8.16. The van der Waals surface area contributed by atoms with E-state index in [1.807, 2.05) is 0 Å². The number of carboxylic acids is 1. The molecule has 0 saturated carbocycles. The van der Waals surface area contributed by atoms with Crippen LogP contribution in [0.25, 0.3) is 0 Å². The molecule has 0 aliphatic heterocycles. The Morgan fingerprint density at radius 2 is 2.07 bits per heavy atom. The lowest BCUT2D eigenvalue weighted by atomic mass is 10.1. The van der Waals surface area contributed by atoms with Gasteiger partial charge in [0.15, 0.2) is 0 Å². The average Bonchev–Trinajstić information content (AvgIpc) is 2.14. The summed E-state index contributed by atoms with van der Waals surface area (Å²) in [5.74, 6) is -1.09. The SMILES string of the molecule is CCC(C(=O)O)=C(N)COC(=O)NC. The van der Waals surface area contributed by atoms with E-state index in [-0.39, 0.29) is 24.3 Å². The van der Waals surface area contributed by atoms with E-state index in [0.717, 1.165) is 0 Å². The molecule has 0 heterocycles. The van der Waals surface area contributed by atoms with E-state index in [0.29, 0.717) is 0 Å². The Bertz CT molecular complexity index is 260. The number of nitrogens with two attached hydrogens (primary N) is 1. The Balaban J connectivity index is 4.34. The van der Waals surface area contributed by atoms with Crippen LogP contribution in [0.4, 0.5) is 4.79 Å². The largest absolute Gasteiger partial charge is 0.478 e. The van der Waals surface area contributed by atoms with Gasteiger partial charge in [-0.3, -0.25) is 0 Å². The van der Waals surface area contributed by atoms with E-state index >= 15 is 0 Å². The Kier molecular flexibility index (Phi) is 5.13. The summed E-state index contributed by atoms with van der Waals surface area (Å²) in [7, 11) is 1.40. The molecule has 0 aliphatic carbocycles. The van der Waals surface area contributed by atoms with Crippen molar-refractivity contribution < 1.29 is 19.4 Å². The Morgan fingerprint density at radius 3 is 2.43 bits per heavy atom. The minimum Gasteiger partial charge on any atom is -0.478 e. The molecule has 0 atom stereocenters. The number of carbonyl (C=O) groups excluding carboxylic acids is 1. The third-order valence-electron chi connectivity index (χ3n) is 1.56. The number of carboxylic acid groups (broad SMARTS) is 1. The summed E-state index contributed by atoms with van der Waals surface area (Å²) < 4.78 is 4.59. The van der Waals surface area contributed by atoms with E-state index in [4.69, 9.17) is 10.8 Å². The summed E-state index contributed by atoms with van der Waals surface area (Å²) in [6.07, 6.45) is -0.355. The molecule has 80 valence electrons. The van der Waals surface area contributed by atoms with Crippen molar-refractivity contribution in [1.82, 2.24) is 5.32 Å². The third-order valence-corrected chi connectivity index (χ3v) is 1.56. The minimum atomic E-state index is -1.09. The quantitative estimate of drug-likeness (QED) is 0.559. The molecule has 6 heteroatoms. The lowest BCUT2D eigenvalue weighted by Crippen LogP contribution is -2.23. The fourth-order valence-electron chi connectivity index (χ4n) is 0.818. The van der Waals surface area contributed by atoms with Crippen molar-refractivity contribution in [3.8, 4) is 0 Å². The number of rotatable bonds is 4. The molecule has 0 aromatic rings. The highest BCUT2D eigenvalue weighted by Gasteiger charge is 2.10. The summed E-state index contributed by atoms with van der Waals surface area (Å²) in [5.41, 5.74) is 5.55. The van der Waals surface area contributed by atoms with Crippen LogP contribution < -0.4 is 11.1 Å². The molecule has 0 saturated heterocycles. The second-order valence-corrected chi connectivity index (χ2v) is 2.49. The maximum absolute atomic E-state index is 10.6. The van der Waals surface area contributed by atoms with Crippen molar-refractivity contribution in [2.24, 2.45) is 5.73 Å². The first-order valence-electron chi connectivity index (χ1n) is 4.08. The molecule has 0 aliphatic rings. The average molecular weight is 202 g/mol. The smallest absolute Gasteiger partial charge is 0.407 e. The van der Waals surface area contributed by atoms with Gasteiger partial charge < -0.3 is 20.9 Å². The van der Waals surface area contributed by atoms with Gasteiger partial charge in [-0.2, -0.15) is 0 Å². The molecule has 4 N–H and O–H groups in total. The van der Waals surface area contributed by atoms with E-state index < -0.39 is 12.1 Å². The van der Waals surface area contributed by atoms with E-state index in [9.17, 15) is 9.59 Å². The van der Waals surface area contributed by atoms with Crippen molar-refractivity contribution >= 4 is 12.1 Å². The summed E-state index contributed by atoms with van der Waals surface area (Å²) >= 11 is 0. The van der Waals surface area contributed by atoms with Crippen LogP contribution >= 0.6 is 0 Å². The zero-order valence-corrected chi connectivity index (χ0v) is 8.16. The number of ether oxygens (including phenoxy) is 1. The molecule has 0 fully saturated rings. The van der Waals surface area contributed by atoms with Crippen LogP contribution in [0.1, 0.15) is 13.3 Å². The lowest BCUT2D eigenvalue weighted by molar-refractivity contribution is -0.132.